The fourth-order valence-electron chi connectivity index (χ4n) is 2.30. The molecule has 104 valence electrons. The molecular weight excluding hydrogens is 266 g/mol. The van der Waals surface area contributed by atoms with Gasteiger partial charge in [-0.05, 0) is 30.7 Å². The summed E-state index contributed by atoms with van der Waals surface area (Å²) in [6.07, 6.45) is 2.26. The highest BCUT2D eigenvalue weighted by atomic mass is 32.1. The first-order valence-electron chi connectivity index (χ1n) is 6.14. The predicted molar refractivity (Wildman–Crippen MR) is 72.9 cm³/mol. The number of carbonyl (C=O) groups excluding carboxylic acids is 2. The smallest absolute Gasteiger partial charge is 0.411 e. The Morgan fingerprint density at radius 3 is 2.68 bits per heavy atom. The van der Waals surface area contributed by atoms with Crippen LogP contribution in [0.25, 0.3) is 0 Å². The van der Waals surface area contributed by atoms with Crippen molar-refractivity contribution in [2.75, 3.05) is 19.5 Å². The van der Waals surface area contributed by atoms with E-state index in [9.17, 15) is 9.59 Å². The molecule has 0 aromatic carbocycles. The summed E-state index contributed by atoms with van der Waals surface area (Å²) in [4.78, 5) is 24.4. The molecule has 0 spiro atoms. The minimum atomic E-state index is -0.572. The molecule has 1 amide bonds. The average Bonchev–Trinajstić information content (AvgIpc) is 2.74. The minimum absolute atomic E-state index is 0.404. The molecule has 0 radical (unpaired) electrons. The first-order valence-corrected chi connectivity index (χ1v) is 6.96. The van der Waals surface area contributed by atoms with E-state index in [0.29, 0.717) is 16.5 Å². The second kappa shape index (κ2) is 5.61. The fourth-order valence-corrected chi connectivity index (χ4v) is 3.69. The number of nitrogens with one attached hydrogen (secondary N) is 1. The molecule has 1 aromatic heterocycles. The fraction of sp³-hybridized carbons (Fsp3) is 0.538. The van der Waals surface area contributed by atoms with Crippen LogP contribution in [0, 0.1) is 5.92 Å². The van der Waals surface area contributed by atoms with Crippen molar-refractivity contribution >= 4 is 28.4 Å². The Bertz CT molecular complexity index is 509. The maximum Gasteiger partial charge on any atom is 0.411 e. The minimum Gasteiger partial charge on any atom is -0.465 e. The van der Waals surface area contributed by atoms with Crippen LogP contribution in [0.2, 0.25) is 0 Å². The van der Waals surface area contributed by atoms with E-state index in [2.05, 4.69) is 17.0 Å². The molecule has 1 aliphatic rings. The zero-order chi connectivity index (χ0) is 14.0. The molecule has 1 atom stereocenters. The summed E-state index contributed by atoms with van der Waals surface area (Å²) in [5, 5.41) is 3.13. The van der Waals surface area contributed by atoms with E-state index in [1.165, 1.54) is 25.6 Å². The Balaban J connectivity index is 2.41. The zero-order valence-electron chi connectivity index (χ0n) is 11.2. The number of hydrogen-bond acceptors (Lipinski definition) is 5. The van der Waals surface area contributed by atoms with Gasteiger partial charge in [-0.15, -0.1) is 11.3 Å². The lowest BCUT2D eigenvalue weighted by atomic mass is 9.88. The van der Waals surface area contributed by atoms with Gasteiger partial charge in [0.25, 0.3) is 0 Å². The van der Waals surface area contributed by atoms with Crippen LogP contribution in [-0.2, 0) is 22.3 Å². The Kier molecular flexibility index (Phi) is 4.09. The zero-order valence-corrected chi connectivity index (χ0v) is 12.1. The number of carbonyl (C=O) groups is 2. The predicted octanol–water partition coefficient (Wildman–Crippen LogP) is 2.84. The van der Waals surface area contributed by atoms with E-state index < -0.39 is 12.1 Å². The number of rotatable bonds is 2. The van der Waals surface area contributed by atoms with Gasteiger partial charge in [0.15, 0.2) is 0 Å². The Morgan fingerprint density at radius 1 is 1.32 bits per heavy atom. The quantitative estimate of drug-likeness (QED) is 0.848. The lowest BCUT2D eigenvalue weighted by Crippen LogP contribution is -2.15. The summed E-state index contributed by atoms with van der Waals surface area (Å²) in [5.74, 6) is 0.195. The number of anilines is 1. The molecule has 1 aliphatic carbocycles. The standard InChI is InChI=1S/C13H17NO4S/c1-7-4-5-8-9(6-7)19-11(14-13(16)18-3)10(8)12(15)17-2/h7H,4-6H2,1-3H3,(H,14,16). The van der Waals surface area contributed by atoms with Gasteiger partial charge in [0.1, 0.15) is 5.00 Å². The molecule has 1 aromatic rings. The van der Waals surface area contributed by atoms with Crippen LogP contribution in [-0.4, -0.2) is 26.3 Å². The van der Waals surface area contributed by atoms with Crippen molar-refractivity contribution in [1.29, 1.82) is 0 Å². The van der Waals surface area contributed by atoms with Crippen LogP contribution >= 0.6 is 11.3 Å². The number of fused-ring (bicyclic) bond motifs is 1. The summed E-state index contributed by atoms with van der Waals surface area (Å²) < 4.78 is 9.40. The number of esters is 1. The normalized spacial score (nSPS) is 17.5. The molecular formula is C13H17NO4S. The van der Waals surface area contributed by atoms with Crippen molar-refractivity contribution in [3.05, 3.63) is 16.0 Å². The van der Waals surface area contributed by atoms with Crippen molar-refractivity contribution in [3.63, 3.8) is 0 Å². The van der Waals surface area contributed by atoms with Crippen LogP contribution in [0.5, 0.6) is 0 Å². The van der Waals surface area contributed by atoms with E-state index in [-0.39, 0.29) is 0 Å². The Labute approximate surface area is 115 Å². The third-order valence-electron chi connectivity index (χ3n) is 3.30. The number of ether oxygens (including phenoxy) is 2. The number of amides is 1. The third kappa shape index (κ3) is 2.73. The van der Waals surface area contributed by atoms with Crippen molar-refractivity contribution in [1.82, 2.24) is 0 Å². The number of thiophene rings is 1. The van der Waals surface area contributed by atoms with Gasteiger partial charge in [0, 0.05) is 4.88 Å². The molecule has 19 heavy (non-hydrogen) atoms. The van der Waals surface area contributed by atoms with Gasteiger partial charge in [0.05, 0.1) is 19.8 Å². The van der Waals surface area contributed by atoms with E-state index in [4.69, 9.17) is 4.74 Å². The van der Waals surface area contributed by atoms with Crippen molar-refractivity contribution in [3.8, 4) is 0 Å². The van der Waals surface area contributed by atoms with E-state index in [1.807, 2.05) is 0 Å². The lowest BCUT2D eigenvalue weighted by molar-refractivity contribution is 0.0601. The molecule has 1 heterocycles. The molecule has 1 unspecified atom stereocenters. The number of hydrogen-bond donors (Lipinski definition) is 1. The van der Waals surface area contributed by atoms with Crippen LogP contribution in [0.3, 0.4) is 0 Å². The lowest BCUT2D eigenvalue weighted by Gasteiger charge is -2.18. The van der Waals surface area contributed by atoms with Crippen molar-refractivity contribution < 1.29 is 19.1 Å². The van der Waals surface area contributed by atoms with Crippen LogP contribution in [0.15, 0.2) is 0 Å². The summed E-state index contributed by atoms with van der Waals surface area (Å²) >= 11 is 1.44. The highest BCUT2D eigenvalue weighted by Gasteiger charge is 2.28. The molecule has 5 nitrogen and oxygen atoms in total. The molecule has 1 N–H and O–H groups in total. The summed E-state index contributed by atoms with van der Waals surface area (Å²) in [6, 6.07) is 0. The monoisotopic (exact) mass is 283 g/mol. The van der Waals surface area contributed by atoms with Crippen molar-refractivity contribution in [2.45, 2.75) is 26.2 Å². The second-order valence-corrected chi connectivity index (χ2v) is 5.77. The van der Waals surface area contributed by atoms with Crippen molar-refractivity contribution in [2.24, 2.45) is 5.92 Å². The van der Waals surface area contributed by atoms with Crippen LogP contribution in [0.1, 0.15) is 34.1 Å². The maximum atomic E-state index is 11.9. The molecule has 0 aliphatic heterocycles. The van der Waals surface area contributed by atoms with Gasteiger partial charge >= 0.3 is 12.1 Å². The SMILES string of the molecule is COC(=O)Nc1sc2c(c1C(=O)OC)CCC(C)C2. The van der Waals surface area contributed by atoms with Gasteiger partial charge in [-0.25, -0.2) is 9.59 Å². The highest BCUT2D eigenvalue weighted by molar-refractivity contribution is 7.17. The Hall–Kier alpha value is -1.56. The first-order chi connectivity index (χ1) is 9.06. The molecule has 0 fully saturated rings. The van der Waals surface area contributed by atoms with E-state index in [1.54, 1.807) is 0 Å². The molecule has 0 saturated heterocycles. The van der Waals surface area contributed by atoms with Gasteiger partial charge in [-0.3, -0.25) is 5.32 Å². The van der Waals surface area contributed by atoms with Gasteiger partial charge < -0.3 is 9.47 Å². The summed E-state index contributed by atoms with van der Waals surface area (Å²) in [5.41, 5.74) is 1.50. The third-order valence-corrected chi connectivity index (χ3v) is 4.47. The van der Waals surface area contributed by atoms with E-state index in [0.717, 1.165) is 29.7 Å². The average molecular weight is 283 g/mol. The Morgan fingerprint density at radius 2 is 2.05 bits per heavy atom. The first kappa shape index (κ1) is 13.9. The molecule has 0 saturated carbocycles. The molecule has 2 rings (SSSR count). The number of methoxy groups -OCH3 is 2. The van der Waals surface area contributed by atoms with Crippen LogP contribution < -0.4 is 5.32 Å². The largest absolute Gasteiger partial charge is 0.465 e. The topological polar surface area (TPSA) is 64.6 Å². The summed E-state index contributed by atoms with van der Waals surface area (Å²) in [6.45, 7) is 2.19. The maximum absolute atomic E-state index is 11.9. The second-order valence-electron chi connectivity index (χ2n) is 4.66. The molecule has 0 bridgehead atoms. The van der Waals surface area contributed by atoms with Gasteiger partial charge in [-0.2, -0.15) is 0 Å². The van der Waals surface area contributed by atoms with Crippen LogP contribution in [0.4, 0.5) is 9.80 Å². The van der Waals surface area contributed by atoms with Gasteiger partial charge in [0.2, 0.25) is 0 Å². The summed E-state index contributed by atoms with van der Waals surface area (Å²) in [7, 11) is 2.64. The van der Waals surface area contributed by atoms with Gasteiger partial charge in [-0.1, -0.05) is 6.92 Å². The molecule has 6 heteroatoms. The van der Waals surface area contributed by atoms with E-state index >= 15 is 0 Å². The highest BCUT2D eigenvalue weighted by Crippen LogP contribution is 2.39.